The van der Waals surface area contributed by atoms with Gasteiger partial charge in [0.05, 0.1) is 6.07 Å². The third-order valence-electron chi connectivity index (χ3n) is 3.80. The summed E-state index contributed by atoms with van der Waals surface area (Å²) >= 11 is 1.31. The van der Waals surface area contributed by atoms with Crippen molar-refractivity contribution in [3.05, 3.63) is 64.7 Å². The summed E-state index contributed by atoms with van der Waals surface area (Å²) in [5.41, 5.74) is 5.54. The van der Waals surface area contributed by atoms with Gasteiger partial charge in [-0.1, -0.05) is 47.0 Å². The van der Waals surface area contributed by atoms with E-state index in [4.69, 9.17) is 4.42 Å². The summed E-state index contributed by atoms with van der Waals surface area (Å²) in [6.45, 7) is 6.12. The molecule has 0 aliphatic rings. The molecule has 4 nitrogen and oxygen atoms in total. The minimum Gasteiger partial charge on any atom is -0.411 e. The Morgan fingerprint density at radius 3 is 2.32 bits per heavy atom. The van der Waals surface area contributed by atoms with Crippen LogP contribution in [0.15, 0.2) is 52.1 Å². The van der Waals surface area contributed by atoms with Crippen molar-refractivity contribution in [1.82, 2.24) is 10.2 Å². The minimum atomic E-state index is -0.268. The van der Waals surface area contributed by atoms with Crippen LogP contribution >= 0.6 is 11.8 Å². The van der Waals surface area contributed by atoms with E-state index in [9.17, 15) is 5.26 Å². The topological polar surface area (TPSA) is 62.7 Å². The van der Waals surface area contributed by atoms with Gasteiger partial charge in [0.25, 0.3) is 5.22 Å². The molecule has 0 N–H and O–H groups in total. The van der Waals surface area contributed by atoms with Crippen LogP contribution in [-0.2, 0) is 6.42 Å². The van der Waals surface area contributed by atoms with Crippen LogP contribution in [0.2, 0.25) is 0 Å². The smallest absolute Gasteiger partial charge is 0.278 e. The molecule has 0 amide bonds. The van der Waals surface area contributed by atoms with Crippen molar-refractivity contribution < 1.29 is 4.42 Å². The summed E-state index contributed by atoms with van der Waals surface area (Å²) in [6.07, 6.45) is 0.642. The summed E-state index contributed by atoms with van der Waals surface area (Å²) < 4.78 is 5.76. The Kier molecular flexibility index (Phi) is 5.20. The molecule has 3 rings (SSSR count). The van der Waals surface area contributed by atoms with Crippen molar-refractivity contribution in [1.29, 1.82) is 5.26 Å². The predicted molar refractivity (Wildman–Crippen MR) is 99.3 cm³/mol. The lowest BCUT2D eigenvalue weighted by Crippen LogP contribution is -2.03. The highest BCUT2D eigenvalue weighted by molar-refractivity contribution is 7.99. The van der Waals surface area contributed by atoms with Gasteiger partial charge in [-0.3, -0.25) is 0 Å². The highest BCUT2D eigenvalue weighted by Crippen LogP contribution is 2.28. The first-order chi connectivity index (χ1) is 12.0. The lowest BCUT2D eigenvalue weighted by atomic mass is 10.1. The monoisotopic (exact) mass is 349 g/mol. The van der Waals surface area contributed by atoms with Gasteiger partial charge >= 0.3 is 0 Å². The average molecular weight is 349 g/mol. The standard InChI is InChI=1S/C20H19N3OS/c1-13-4-6-16(7-5-13)11-18(12-21)25-20-23-22-19(24-20)17-9-14(2)8-15(3)10-17/h4-10,18H,11H2,1-3H3/t18-/m0/s1. The van der Waals surface area contributed by atoms with Gasteiger partial charge in [-0.15, -0.1) is 10.2 Å². The summed E-state index contributed by atoms with van der Waals surface area (Å²) in [5, 5.41) is 17.8. The van der Waals surface area contributed by atoms with Gasteiger partial charge in [-0.2, -0.15) is 5.26 Å². The Labute approximate surface area is 151 Å². The molecule has 1 aromatic heterocycles. The second-order valence-electron chi connectivity index (χ2n) is 6.17. The summed E-state index contributed by atoms with van der Waals surface area (Å²) in [4.78, 5) is 0. The van der Waals surface area contributed by atoms with Gasteiger partial charge in [-0.25, -0.2) is 0 Å². The molecule has 0 radical (unpaired) electrons. The molecule has 3 aromatic rings. The molecule has 0 bridgehead atoms. The number of hydrogen-bond donors (Lipinski definition) is 0. The molecule has 126 valence electrons. The van der Waals surface area contributed by atoms with Gasteiger partial charge in [0.15, 0.2) is 0 Å². The Balaban J connectivity index is 1.73. The zero-order chi connectivity index (χ0) is 17.8. The molecule has 25 heavy (non-hydrogen) atoms. The molecule has 5 heteroatoms. The average Bonchev–Trinajstić information content (AvgIpc) is 3.04. The molecule has 0 spiro atoms. The highest BCUT2D eigenvalue weighted by Gasteiger charge is 2.16. The van der Waals surface area contributed by atoms with Crippen LogP contribution in [0.4, 0.5) is 0 Å². The first kappa shape index (κ1) is 17.2. The van der Waals surface area contributed by atoms with Crippen LogP contribution in [0.25, 0.3) is 11.5 Å². The fraction of sp³-hybridized carbons (Fsp3) is 0.250. The third-order valence-corrected chi connectivity index (χ3v) is 4.73. The van der Waals surface area contributed by atoms with Crippen LogP contribution in [0.5, 0.6) is 0 Å². The van der Waals surface area contributed by atoms with Crippen molar-refractivity contribution >= 4 is 11.8 Å². The number of hydrogen-bond acceptors (Lipinski definition) is 5. The lowest BCUT2D eigenvalue weighted by molar-refractivity contribution is 0.465. The Morgan fingerprint density at radius 1 is 1.00 bits per heavy atom. The maximum absolute atomic E-state index is 9.44. The molecule has 1 atom stereocenters. The van der Waals surface area contributed by atoms with Crippen molar-refractivity contribution in [2.75, 3.05) is 0 Å². The number of aryl methyl sites for hydroxylation is 3. The SMILES string of the molecule is Cc1ccc(C[C@@H](C#N)Sc2nnc(-c3cc(C)cc(C)c3)o2)cc1. The van der Waals surface area contributed by atoms with E-state index in [1.165, 1.54) is 17.3 Å². The molecule has 0 unspecified atom stereocenters. The molecule has 0 aliphatic heterocycles. The zero-order valence-corrected chi connectivity index (χ0v) is 15.3. The molecular weight excluding hydrogens is 330 g/mol. The van der Waals surface area contributed by atoms with Crippen LogP contribution in [-0.4, -0.2) is 15.4 Å². The summed E-state index contributed by atoms with van der Waals surface area (Å²) in [7, 11) is 0. The largest absolute Gasteiger partial charge is 0.411 e. The zero-order valence-electron chi connectivity index (χ0n) is 14.5. The molecule has 0 fully saturated rings. The van der Waals surface area contributed by atoms with E-state index in [1.54, 1.807) is 0 Å². The van der Waals surface area contributed by atoms with Gasteiger partial charge in [-0.05, 0) is 56.7 Å². The predicted octanol–water partition coefficient (Wildman–Crippen LogP) is 4.89. The maximum atomic E-state index is 9.44. The number of nitriles is 1. The molecule has 0 saturated heterocycles. The number of thioether (sulfide) groups is 1. The summed E-state index contributed by atoms with van der Waals surface area (Å²) in [6, 6.07) is 16.7. The van der Waals surface area contributed by atoms with E-state index in [0.717, 1.165) is 22.3 Å². The number of aromatic nitrogens is 2. The first-order valence-corrected chi connectivity index (χ1v) is 8.95. The van der Waals surface area contributed by atoms with E-state index >= 15 is 0 Å². The summed E-state index contributed by atoms with van der Waals surface area (Å²) in [5.74, 6) is 0.487. The fourth-order valence-electron chi connectivity index (χ4n) is 2.65. The Hall–Kier alpha value is -2.58. The molecule has 0 aliphatic carbocycles. The van der Waals surface area contributed by atoms with E-state index in [2.05, 4.69) is 46.6 Å². The van der Waals surface area contributed by atoms with Crippen LogP contribution in [0, 0.1) is 32.1 Å². The van der Waals surface area contributed by atoms with Crippen LogP contribution in [0.1, 0.15) is 22.3 Å². The number of rotatable bonds is 5. The number of nitrogens with zero attached hydrogens (tertiary/aromatic N) is 3. The molecule has 0 saturated carbocycles. The normalized spacial score (nSPS) is 11.9. The van der Waals surface area contributed by atoms with E-state index in [1.807, 2.05) is 32.9 Å². The second-order valence-corrected chi connectivity index (χ2v) is 7.33. The molecular formula is C20H19N3OS. The quantitative estimate of drug-likeness (QED) is 0.614. The van der Waals surface area contributed by atoms with Gasteiger partial charge in [0.2, 0.25) is 5.89 Å². The van der Waals surface area contributed by atoms with Gasteiger partial charge in [0, 0.05) is 5.56 Å². The van der Waals surface area contributed by atoms with Crippen molar-refractivity contribution in [2.24, 2.45) is 0 Å². The Morgan fingerprint density at radius 2 is 1.68 bits per heavy atom. The molecule has 1 heterocycles. The Bertz CT molecular complexity index is 889. The first-order valence-electron chi connectivity index (χ1n) is 8.07. The van der Waals surface area contributed by atoms with Gasteiger partial charge < -0.3 is 4.42 Å². The maximum Gasteiger partial charge on any atom is 0.278 e. The lowest BCUT2D eigenvalue weighted by Gasteiger charge is -2.06. The van der Waals surface area contributed by atoms with E-state index in [-0.39, 0.29) is 5.25 Å². The minimum absolute atomic E-state index is 0.268. The van der Waals surface area contributed by atoms with Crippen molar-refractivity contribution in [3.8, 4) is 17.5 Å². The highest BCUT2D eigenvalue weighted by atomic mass is 32.2. The number of benzene rings is 2. The second kappa shape index (κ2) is 7.54. The van der Waals surface area contributed by atoms with E-state index in [0.29, 0.717) is 17.5 Å². The van der Waals surface area contributed by atoms with Crippen molar-refractivity contribution in [2.45, 2.75) is 37.7 Å². The van der Waals surface area contributed by atoms with Gasteiger partial charge in [0.1, 0.15) is 5.25 Å². The molecule has 2 aromatic carbocycles. The van der Waals surface area contributed by atoms with E-state index < -0.39 is 0 Å². The van der Waals surface area contributed by atoms with Crippen LogP contribution in [0.3, 0.4) is 0 Å². The fourth-order valence-corrected chi connectivity index (χ4v) is 3.43. The van der Waals surface area contributed by atoms with Crippen LogP contribution < -0.4 is 0 Å². The van der Waals surface area contributed by atoms with Crippen molar-refractivity contribution in [3.63, 3.8) is 0 Å². The third kappa shape index (κ3) is 4.49.